The lowest BCUT2D eigenvalue weighted by molar-refractivity contribution is 0.0963. The Morgan fingerprint density at radius 1 is 1.15 bits per heavy atom. The number of hydrogen-bond donors (Lipinski definition) is 2. The zero-order valence-electron chi connectivity index (χ0n) is 11.2. The van der Waals surface area contributed by atoms with Crippen LogP contribution < -0.4 is 10.6 Å². The van der Waals surface area contributed by atoms with Crippen molar-refractivity contribution in [3.05, 3.63) is 63.9 Å². The molecule has 2 aromatic rings. The maximum Gasteiger partial charge on any atom is 0.251 e. The van der Waals surface area contributed by atoms with Crippen LogP contribution in [0.1, 0.15) is 21.6 Å². The van der Waals surface area contributed by atoms with E-state index in [2.05, 4.69) is 31.5 Å². The molecule has 0 aliphatic rings. The molecule has 2 N–H and O–H groups in total. The molecule has 0 fully saturated rings. The summed E-state index contributed by atoms with van der Waals surface area (Å²) in [6, 6.07) is 13.4. The van der Waals surface area contributed by atoms with Crippen molar-refractivity contribution < 1.29 is 4.79 Å². The number of nitrogens with one attached hydrogen (secondary N) is 2. The van der Waals surface area contributed by atoms with E-state index in [9.17, 15) is 4.79 Å². The molecule has 0 aliphatic carbocycles. The first kappa shape index (κ1) is 14.7. The molecule has 0 unspecified atom stereocenters. The number of benzene rings is 1. The van der Waals surface area contributed by atoms with Gasteiger partial charge in [0.05, 0.1) is 5.69 Å². The topological polar surface area (TPSA) is 54.0 Å². The first-order valence-electron chi connectivity index (χ1n) is 6.32. The second-order valence-corrected chi connectivity index (χ2v) is 5.14. The maximum absolute atomic E-state index is 11.4. The van der Waals surface area contributed by atoms with Crippen LogP contribution in [-0.2, 0) is 13.1 Å². The summed E-state index contributed by atoms with van der Waals surface area (Å²) < 4.78 is 0.840. The zero-order chi connectivity index (χ0) is 14.4. The number of hydrogen-bond acceptors (Lipinski definition) is 3. The standard InChI is InChI=1S/C15H16BrN3O/c1-17-15(20)12-7-5-11(6-8-12)9-18-10-13-3-2-4-14(16)19-13/h2-8,18H,9-10H2,1H3,(H,17,20). The van der Waals surface area contributed by atoms with E-state index in [0.29, 0.717) is 12.1 Å². The van der Waals surface area contributed by atoms with Gasteiger partial charge in [-0.2, -0.15) is 0 Å². The van der Waals surface area contributed by atoms with E-state index in [0.717, 1.165) is 22.4 Å². The van der Waals surface area contributed by atoms with Crippen LogP contribution in [0.15, 0.2) is 47.1 Å². The summed E-state index contributed by atoms with van der Waals surface area (Å²) in [4.78, 5) is 15.8. The highest BCUT2D eigenvalue weighted by Crippen LogP contribution is 2.07. The minimum atomic E-state index is -0.0668. The van der Waals surface area contributed by atoms with Crippen LogP contribution in [0, 0.1) is 0 Å². The van der Waals surface area contributed by atoms with Crippen molar-refractivity contribution in [3.8, 4) is 0 Å². The fourth-order valence-corrected chi connectivity index (χ4v) is 2.18. The minimum Gasteiger partial charge on any atom is -0.355 e. The van der Waals surface area contributed by atoms with Crippen LogP contribution in [0.25, 0.3) is 0 Å². The van der Waals surface area contributed by atoms with E-state index < -0.39 is 0 Å². The van der Waals surface area contributed by atoms with Gasteiger partial charge in [-0.3, -0.25) is 4.79 Å². The quantitative estimate of drug-likeness (QED) is 0.826. The largest absolute Gasteiger partial charge is 0.355 e. The molecular formula is C15H16BrN3O. The highest BCUT2D eigenvalue weighted by molar-refractivity contribution is 9.10. The summed E-state index contributed by atoms with van der Waals surface area (Å²) in [6.07, 6.45) is 0. The van der Waals surface area contributed by atoms with Crippen molar-refractivity contribution in [2.24, 2.45) is 0 Å². The van der Waals surface area contributed by atoms with Gasteiger partial charge < -0.3 is 10.6 Å². The SMILES string of the molecule is CNC(=O)c1ccc(CNCc2cccc(Br)n2)cc1. The van der Waals surface area contributed by atoms with E-state index in [1.807, 2.05) is 42.5 Å². The van der Waals surface area contributed by atoms with Crippen LogP contribution in [0.4, 0.5) is 0 Å². The normalized spacial score (nSPS) is 10.3. The molecule has 1 amide bonds. The maximum atomic E-state index is 11.4. The molecule has 0 aliphatic heterocycles. The summed E-state index contributed by atoms with van der Waals surface area (Å²) in [5, 5.41) is 5.93. The summed E-state index contributed by atoms with van der Waals surface area (Å²) in [5.41, 5.74) is 2.79. The average molecular weight is 334 g/mol. The predicted octanol–water partition coefficient (Wildman–Crippen LogP) is 2.49. The van der Waals surface area contributed by atoms with Gasteiger partial charge >= 0.3 is 0 Å². The lowest BCUT2D eigenvalue weighted by Gasteiger charge is -2.06. The van der Waals surface area contributed by atoms with Crippen molar-refractivity contribution in [2.75, 3.05) is 7.05 Å². The van der Waals surface area contributed by atoms with Crippen molar-refractivity contribution >= 4 is 21.8 Å². The van der Waals surface area contributed by atoms with E-state index in [1.54, 1.807) is 7.05 Å². The van der Waals surface area contributed by atoms with Crippen LogP contribution in [0.5, 0.6) is 0 Å². The third kappa shape index (κ3) is 4.15. The third-order valence-electron chi connectivity index (χ3n) is 2.85. The molecule has 20 heavy (non-hydrogen) atoms. The van der Waals surface area contributed by atoms with E-state index in [-0.39, 0.29) is 5.91 Å². The van der Waals surface area contributed by atoms with Gasteiger partial charge in [0.1, 0.15) is 4.60 Å². The monoisotopic (exact) mass is 333 g/mol. The molecule has 104 valence electrons. The minimum absolute atomic E-state index is 0.0668. The van der Waals surface area contributed by atoms with Gasteiger partial charge in [0.15, 0.2) is 0 Å². The molecule has 4 nitrogen and oxygen atoms in total. The van der Waals surface area contributed by atoms with Crippen molar-refractivity contribution in [1.82, 2.24) is 15.6 Å². The predicted molar refractivity (Wildman–Crippen MR) is 82.3 cm³/mol. The van der Waals surface area contributed by atoms with Gasteiger partial charge in [0, 0.05) is 25.7 Å². The fourth-order valence-electron chi connectivity index (χ4n) is 1.80. The number of carbonyl (C=O) groups is 1. The third-order valence-corrected chi connectivity index (χ3v) is 3.29. The van der Waals surface area contributed by atoms with E-state index >= 15 is 0 Å². The van der Waals surface area contributed by atoms with Gasteiger partial charge in [0.2, 0.25) is 0 Å². The fraction of sp³-hybridized carbons (Fsp3) is 0.200. The summed E-state index contributed by atoms with van der Waals surface area (Å²) in [6.45, 7) is 1.44. The number of rotatable bonds is 5. The van der Waals surface area contributed by atoms with Crippen LogP contribution in [0.3, 0.4) is 0 Å². The Morgan fingerprint density at radius 3 is 2.55 bits per heavy atom. The molecule has 0 saturated heterocycles. The Labute approximate surface area is 126 Å². The van der Waals surface area contributed by atoms with Crippen molar-refractivity contribution in [3.63, 3.8) is 0 Å². The van der Waals surface area contributed by atoms with Gasteiger partial charge in [-0.25, -0.2) is 4.98 Å². The molecule has 2 rings (SSSR count). The molecule has 0 atom stereocenters. The number of aromatic nitrogens is 1. The number of nitrogens with zero attached hydrogens (tertiary/aromatic N) is 1. The number of amides is 1. The second-order valence-electron chi connectivity index (χ2n) is 4.33. The lowest BCUT2D eigenvalue weighted by atomic mass is 10.1. The van der Waals surface area contributed by atoms with Crippen LogP contribution in [-0.4, -0.2) is 17.9 Å². The van der Waals surface area contributed by atoms with Crippen molar-refractivity contribution in [2.45, 2.75) is 13.1 Å². The zero-order valence-corrected chi connectivity index (χ0v) is 12.8. The molecule has 0 saturated carbocycles. The average Bonchev–Trinajstić information content (AvgIpc) is 2.47. The summed E-state index contributed by atoms with van der Waals surface area (Å²) in [7, 11) is 1.63. The number of halogens is 1. The van der Waals surface area contributed by atoms with E-state index in [4.69, 9.17) is 0 Å². The first-order chi connectivity index (χ1) is 9.69. The molecule has 1 aromatic carbocycles. The van der Waals surface area contributed by atoms with Gasteiger partial charge in [-0.05, 0) is 45.8 Å². The Balaban J connectivity index is 1.86. The van der Waals surface area contributed by atoms with Gasteiger partial charge in [0.25, 0.3) is 5.91 Å². The Hall–Kier alpha value is -1.72. The van der Waals surface area contributed by atoms with Crippen molar-refractivity contribution in [1.29, 1.82) is 0 Å². The number of pyridine rings is 1. The molecule has 1 heterocycles. The molecule has 0 spiro atoms. The summed E-state index contributed by atoms with van der Waals surface area (Å²) in [5.74, 6) is -0.0668. The molecule has 1 aromatic heterocycles. The lowest BCUT2D eigenvalue weighted by Crippen LogP contribution is -2.18. The van der Waals surface area contributed by atoms with Gasteiger partial charge in [-0.15, -0.1) is 0 Å². The highest BCUT2D eigenvalue weighted by Gasteiger charge is 2.02. The molecule has 5 heteroatoms. The Bertz CT molecular complexity index is 584. The molecule has 0 radical (unpaired) electrons. The van der Waals surface area contributed by atoms with Crippen LogP contribution >= 0.6 is 15.9 Å². The van der Waals surface area contributed by atoms with Crippen LogP contribution in [0.2, 0.25) is 0 Å². The molecule has 0 bridgehead atoms. The molecular weight excluding hydrogens is 318 g/mol. The second kappa shape index (κ2) is 7.17. The smallest absolute Gasteiger partial charge is 0.251 e. The number of carbonyl (C=O) groups excluding carboxylic acids is 1. The Kier molecular flexibility index (Phi) is 5.26. The Morgan fingerprint density at radius 2 is 1.90 bits per heavy atom. The first-order valence-corrected chi connectivity index (χ1v) is 7.11. The summed E-state index contributed by atoms with van der Waals surface area (Å²) >= 11 is 3.35. The van der Waals surface area contributed by atoms with Gasteiger partial charge in [-0.1, -0.05) is 18.2 Å². The van der Waals surface area contributed by atoms with E-state index in [1.165, 1.54) is 0 Å². The highest BCUT2D eigenvalue weighted by atomic mass is 79.9.